The van der Waals surface area contributed by atoms with E-state index in [-0.39, 0.29) is 10.7 Å². The number of halogens is 1. The number of rotatable bonds is 8. The fourth-order valence-electron chi connectivity index (χ4n) is 1.60. The zero-order chi connectivity index (χ0) is 13.5. The van der Waals surface area contributed by atoms with Crippen molar-refractivity contribution in [2.24, 2.45) is 5.41 Å². The molecule has 2 unspecified atom stereocenters. The Morgan fingerprint density at radius 2 is 1.88 bits per heavy atom. The molecule has 0 rings (SSSR count). The minimum atomic E-state index is -0.736. The first-order chi connectivity index (χ1) is 7.75. The second-order valence-electron chi connectivity index (χ2n) is 5.59. The maximum Gasteiger partial charge on any atom is 0.317 e. The van der Waals surface area contributed by atoms with Crippen molar-refractivity contribution >= 4 is 17.7 Å². The molecule has 0 aromatic rings. The summed E-state index contributed by atoms with van der Waals surface area (Å²) in [7, 11) is 0. The van der Waals surface area contributed by atoms with Gasteiger partial charge in [0.25, 0.3) is 0 Å². The van der Waals surface area contributed by atoms with Crippen LogP contribution in [0.1, 0.15) is 53.4 Å². The number of carbonyl (C=O) groups is 1. The lowest BCUT2D eigenvalue weighted by atomic mass is 9.92. The van der Waals surface area contributed by atoms with Gasteiger partial charge in [-0.2, -0.15) is 0 Å². The van der Waals surface area contributed by atoms with Gasteiger partial charge in [0.1, 0.15) is 5.25 Å². The number of carboxylic acids is 1. The topological polar surface area (TPSA) is 37.3 Å². The standard InChI is InChI=1S/C13H25FO2S/c1-10(14)8-6-5-7-9-17-11(12(15)16)13(2,3)4/h10-11H,5-9H2,1-4H3,(H,15,16). The Balaban J connectivity index is 3.74. The summed E-state index contributed by atoms with van der Waals surface area (Å²) in [6, 6.07) is 0. The fraction of sp³-hybridized carbons (Fsp3) is 0.923. The minimum absolute atomic E-state index is 0.218. The summed E-state index contributed by atoms with van der Waals surface area (Å²) in [5, 5.41) is 8.76. The number of thioether (sulfide) groups is 1. The van der Waals surface area contributed by atoms with Crippen LogP contribution in [0, 0.1) is 5.41 Å². The van der Waals surface area contributed by atoms with Crippen LogP contribution in [-0.2, 0) is 4.79 Å². The van der Waals surface area contributed by atoms with E-state index in [1.165, 1.54) is 11.8 Å². The summed E-state index contributed by atoms with van der Waals surface area (Å²) >= 11 is 1.50. The van der Waals surface area contributed by atoms with Crippen molar-refractivity contribution in [3.63, 3.8) is 0 Å². The molecule has 102 valence electrons. The number of unbranched alkanes of at least 4 members (excludes halogenated alkanes) is 2. The zero-order valence-electron chi connectivity index (χ0n) is 11.3. The molecule has 0 saturated carbocycles. The number of hydrogen-bond acceptors (Lipinski definition) is 2. The lowest BCUT2D eigenvalue weighted by Crippen LogP contribution is -2.31. The van der Waals surface area contributed by atoms with Crippen molar-refractivity contribution in [3.05, 3.63) is 0 Å². The van der Waals surface area contributed by atoms with E-state index in [2.05, 4.69) is 0 Å². The number of aliphatic carboxylic acids is 1. The monoisotopic (exact) mass is 264 g/mol. The molecule has 0 saturated heterocycles. The van der Waals surface area contributed by atoms with E-state index in [9.17, 15) is 9.18 Å². The molecule has 1 N–H and O–H groups in total. The molecule has 0 aliphatic carbocycles. The Kier molecular flexibility index (Phi) is 7.84. The van der Waals surface area contributed by atoms with Gasteiger partial charge >= 0.3 is 5.97 Å². The van der Waals surface area contributed by atoms with Gasteiger partial charge < -0.3 is 5.11 Å². The maximum atomic E-state index is 12.5. The van der Waals surface area contributed by atoms with Gasteiger partial charge in [-0.25, -0.2) is 4.39 Å². The van der Waals surface area contributed by atoms with Crippen molar-refractivity contribution < 1.29 is 14.3 Å². The number of hydrogen-bond donors (Lipinski definition) is 1. The lowest BCUT2D eigenvalue weighted by Gasteiger charge is -2.26. The Morgan fingerprint density at radius 3 is 2.29 bits per heavy atom. The molecule has 4 heteroatoms. The second kappa shape index (κ2) is 7.96. The maximum absolute atomic E-state index is 12.5. The van der Waals surface area contributed by atoms with E-state index in [0.29, 0.717) is 6.42 Å². The first-order valence-corrected chi connectivity index (χ1v) is 7.28. The van der Waals surface area contributed by atoms with E-state index in [1.54, 1.807) is 6.92 Å². The highest BCUT2D eigenvalue weighted by molar-refractivity contribution is 8.00. The van der Waals surface area contributed by atoms with E-state index >= 15 is 0 Å². The number of alkyl halides is 1. The predicted octanol–water partition coefficient (Wildman–Crippen LogP) is 4.14. The highest BCUT2D eigenvalue weighted by Crippen LogP contribution is 2.31. The third-order valence-corrected chi connectivity index (χ3v) is 4.31. The molecule has 0 aromatic heterocycles. The number of carboxylic acid groups (broad SMARTS) is 1. The molecule has 0 aliphatic heterocycles. The van der Waals surface area contributed by atoms with Crippen molar-refractivity contribution in [1.29, 1.82) is 0 Å². The van der Waals surface area contributed by atoms with Gasteiger partial charge in [0, 0.05) is 0 Å². The first kappa shape index (κ1) is 16.8. The molecule has 0 spiro atoms. The normalized spacial score (nSPS) is 15.6. The summed E-state index contributed by atoms with van der Waals surface area (Å²) in [6.07, 6.45) is 2.75. The first-order valence-electron chi connectivity index (χ1n) is 6.23. The molecule has 0 radical (unpaired) electrons. The smallest absolute Gasteiger partial charge is 0.317 e. The van der Waals surface area contributed by atoms with Crippen LogP contribution in [0.4, 0.5) is 4.39 Å². The molecule has 0 heterocycles. The van der Waals surface area contributed by atoms with Crippen LogP contribution in [0.5, 0.6) is 0 Å². The van der Waals surface area contributed by atoms with Gasteiger partial charge in [0.15, 0.2) is 0 Å². The van der Waals surface area contributed by atoms with Gasteiger partial charge in [0.2, 0.25) is 0 Å². The Morgan fingerprint density at radius 1 is 1.29 bits per heavy atom. The quantitative estimate of drug-likeness (QED) is 0.670. The molecule has 0 amide bonds. The van der Waals surface area contributed by atoms with Gasteiger partial charge in [0.05, 0.1) is 6.17 Å². The highest BCUT2D eigenvalue weighted by Gasteiger charge is 2.31. The van der Waals surface area contributed by atoms with Crippen LogP contribution in [0.3, 0.4) is 0 Å². The van der Waals surface area contributed by atoms with Gasteiger partial charge in [-0.1, -0.05) is 33.6 Å². The Bertz CT molecular complexity index is 224. The Labute approximate surface area is 108 Å². The molecular formula is C13H25FO2S. The van der Waals surface area contributed by atoms with E-state index in [0.717, 1.165) is 25.0 Å². The van der Waals surface area contributed by atoms with Gasteiger partial charge in [-0.05, 0) is 30.9 Å². The minimum Gasteiger partial charge on any atom is -0.480 e. The molecular weight excluding hydrogens is 239 g/mol. The van der Waals surface area contributed by atoms with Crippen molar-refractivity contribution in [2.75, 3.05) is 5.75 Å². The average molecular weight is 264 g/mol. The largest absolute Gasteiger partial charge is 0.480 e. The molecule has 2 atom stereocenters. The van der Waals surface area contributed by atoms with E-state index in [1.807, 2.05) is 20.8 Å². The summed E-state index contributed by atoms with van der Waals surface area (Å²) in [4.78, 5) is 11.1. The summed E-state index contributed by atoms with van der Waals surface area (Å²) < 4.78 is 12.5. The van der Waals surface area contributed by atoms with E-state index in [4.69, 9.17) is 5.11 Å². The molecule has 0 fully saturated rings. The van der Waals surface area contributed by atoms with Crippen molar-refractivity contribution in [2.45, 2.75) is 64.8 Å². The van der Waals surface area contributed by atoms with Crippen LogP contribution >= 0.6 is 11.8 Å². The van der Waals surface area contributed by atoms with Crippen LogP contribution in [0.15, 0.2) is 0 Å². The molecule has 0 aromatic carbocycles. The summed E-state index contributed by atoms with van der Waals surface area (Å²) in [5.41, 5.74) is -0.218. The highest BCUT2D eigenvalue weighted by atomic mass is 32.2. The SMILES string of the molecule is CC(F)CCCCCSC(C(=O)O)C(C)(C)C. The molecule has 0 aliphatic rings. The van der Waals surface area contributed by atoms with Crippen molar-refractivity contribution in [3.8, 4) is 0 Å². The second-order valence-corrected chi connectivity index (χ2v) is 6.80. The fourth-order valence-corrected chi connectivity index (χ4v) is 2.85. The molecule has 17 heavy (non-hydrogen) atoms. The molecule has 0 bridgehead atoms. The summed E-state index contributed by atoms with van der Waals surface area (Å²) in [5.74, 6) is 0.106. The Hall–Kier alpha value is -0.250. The zero-order valence-corrected chi connectivity index (χ0v) is 12.1. The molecule has 2 nitrogen and oxygen atoms in total. The van der Waals surface area contributed by atoms with Gasteiger partial charge in [-0.15, -0.1) is 11.8 Å². The van der Waals surface area contributed by atoms with Crippen LogP contribution in [0.2, 0.25) is 0 Å². The predicted molar refractivity (Wildman–Crippen MR) is 72.4 cm³/mol. The van der Waals surface area contributed by atoms with Crippen LogP contribution in [0.25, 0.3) is 0 Å². The third kappa shape index (κ3) is 8.47. The van der Waals surface area contributed by atoms with Crippen LogP contribution in [-0.4, -0.2) is 28.3 Å². The third-order valence-electron chi connectivity index (χ3n) is 2.54. The lowest BCUT2D eigenvalue weighted by molar-refractivity contribution is -0.138. The van der Waals surface area contributed by atoms with E-state index < -0.39 is 12.1 Å². The van der Waals surface area contributed by atoms with Gasteiger partial charge in [-0.3, -0.25) is 4.79 Å². The average Bonchev–Trinajstić information content (AvgIpc) is 2.13. The summed E-state index contributed by atoms with van der Waals surface area (Å²) in [6.45, 7) is 7.42. The van der Waals surface area contributed by atoms with Crippen molar-refractivity contribution in [1.82, 2.24) is 0 Å². The van der Waals surface area contributed by atoms with Crippen LogP contribution < -0.4 is 0 Å².